The highest BCUT2D eigenvalue weighted by Gasteiger charge is 2.67. The van der Waals surface area contributed by atoms with Crippen molar-refractivity contribution in [2.75, 3.05) is 6.54 Å². The van der Waals surface area contributed by atoms with Crippen LogP contribution in [-0.4, -0.2) is 33.5 Å². The Morgan fingerprint density at radius 2 is 2.33 bits per heavy atom. The Morgan fingerprint density at radius 1 is 1.56 bits per heavy atom. The van der Waals surface area contributed by atoms with Gasteiger partial charge in [-0.15, -0.1) is 0 Å². The minimum absolute atomic E-state index is 0.0874. The Balaban J connectivity index is 1.94. The van der Waals surface area contributed by atoms with Gasteiger partial charge >= 0.3 is 0 Å². The van der Waals surface area contributed by atoms with Crippen LogP contribution in [0.4, 0.5) is 0 Å². The van der Waals surface area contributed by atoms with Gasteiger partial charge in [0.05, 0.1) is 5.69 Å². The van der Waals surface area contributed by atoms with E-state index in [1.165, 1.54) is 17.7 Å². The second-order valence-electron chi connectivity index (χ2n) is 6.07. The quantitative estimate of drug-likeness (QED) is 0.818. The van der Waals surface area contributed by atoms with Crippen LogP contribution in [0, 0.1) is 12.8 Å². The minimum Gasteiger partial charge on any atom is -0.371 e. The number of nitrogens with one attached hydrogen (secondary N) is 1. The zero-order valence-corrected chi connectivity index (χ0v) is 10.9. The monoisotopic (exact) mass is 243 g/mol. The second-order valence-corrected chi connectivity index (χ2v) is 6.07. The first-order chi connectivity index (χ1) is 8.55. The van der Waals surface area contributed by atoms with Crippen LogP contribution in [0.15, 0.2) is 11.8 Å². The molecule has 0 aromatic carbocycles. The van der Waals surface area contributed by atoms with E-state index >= 15 is 0 Å². The fourth-order valence-electron chi connectivity index (χ4n) is 3.94. The molecule has 0 bridgehead atoms. The summed E-state index contributed by atoms with van der Waals surface area (Å²) in [6.45, 7) is 7.48. The lowest BCUT2D eigenvalue weighted by Gasteiger charge is -2.32. The molecule has 4 heteroatoms. The zero-order valence-electron chi connectivity index (χ0n) is 10.9. The molecule has 0 radical (unpaired) electrons. The lowest BCUT2D eigenvalue weighted by Crippen LogP contribution is -2.33. The third kappa shape index (κ3) is 0.945. The Kier molecular flexibility index (Phi) is 1.65. The molecule has 1 aliphatic heterocycles. The number of carbonyl (C=O) groups excluding carboxylic acids is 1. The maximum atomic E-state index is 12.2. The van der Waals surface area contributed by atoms with Gasteiger partial charge in [-0.1, -0.05) is 0 Å². The first-order valence-corrected chi connectivity index (χ1v) is 6.64. The molecule has 1 saturated carbocycles. The molecule has 94 valence electrons. The normalized spacial score (nSPS) is 32.2. The van der Waals surface area contributed by atoms with Crippen molar-refractivity contribution in [2.45, 2.75) is 38.6 Å². The number of fused-ring (bicyclic) bond motifs is 1. The molecule has 2 fully saturated rings. The SMILES string of the molecule is Cc1n[nH]c2c1C13CC1CN(C(C)C)C3=CC2=O. The van der Waals surface area contributed by atoms with E-state index < -0.39 is 0 Å². The summed E-state index contributed by atoms with van der Waals surface area (Å²) in [6.07, 6.45) is 3.02. The lowest BCUT2D eigenvalue weighted by molar-refractivity contribution is 0.103. The van der Waals surface area contributed by atoms with Crippen LogP contribution in [0.1, 0.15) is 42.0 Å². The van der Waals surface area contributed by atoms with Gasteiger partial charge in [0.25, 0.3) is 0 Å². The van der Waals surface area contributed by atoms with Gasteiger partial charge in [0.1, 0.15) is 5.69 Å². The summed E-state index contributed by atoms with van der Waals surface area (Å²) in [5.41, 5.74) is 4.26. The van der Waals surface area contributed by atoms with Gasteiger partial charge in [-0.2, -0.15) is 5.10 Å². The van der Waals surface area contributed by atoms with E-state index in [1.807, 2.05) is 13.0 Å². The third-order valence-corrected chi connectivity index (χ3v) is 4.82. The summed E-state index contributed by atoms with van der Waals surface area (Å²) in [5, 5.41) is 7.17. The smallest absolute Gasteiger partial charge is 0.205 e. The highest BCUT2D eigenvalue weighted by molar-refractivity contribution is 6.07. The summed E-state index contributed by atoms with van der Waals surface area (Å²) in [6, 6.07) is 0.461. The molecule has 2 atom stereocenters. The molecule has 4 nitrogen and oxygen atoms in total. The van der Waals surface area contributed by atoms with E-state index in [-0.39, 0.29) is 11.2 Å². The third-order valence-electron chi connectivity index (χ3n) is 4.82. The van der Waals surface area contributed by atoms with Gasteiger partial charge in [-0.25, -0.2) is 0 Å². The molecular formula is C14H17N3O. The van der Waals surface area contributed by atoms with Crippen molar-refractivity contribution in [3.05, 3.63) is 28.7 Å². The Hall–Kier alpha value is -1.58. The highest BCUT2D eigenvalue weighted by Crippen LogP contribution is 2.67. The number of rotatable bonds is 1. The Morgan fingerprint density at radius 3 is 3.06 bits per heavy atom. The lowest BCUT2D eigenvalue weighted by atomic mass is 9.84. The predicted octanol–water partition coefficient (Wildman–Crippen LogP) is 1.78. The largest absolute Gasteiger partial charge is 0.371 e. The summed E-state index contributed by atoms with van der Waals surface area (Å²) < 4.78 is 0. The topological polar surface area (TPSA) is 49.0 Å². The maximum absolute atomic E-state index is 12.2. The number of aromatic nitrogens is 2. The number of piperidine rings is 1. The minimum atomic E-state index is 0.0874. The fourth-order valence-corrected chi connectivity index (χ4v) is 3.94. The molecule has 1 spiro atoms. The number of hydrogen-bond donors (Lipinski definition) is 1. The molecule has 1 saturated heterocycles. The summed E-state index contributed by atoms with van der Waals surface area (Å²) in [7, 11) is 0. The van der Waals surface area contributed by atoms with E-state index in [0.717, 1.165) is 17.9 Å². The van der Waals surface area contributed by atoms with E-state index in [0.29, 0.717) is 12.0 Å². The molecule has 1 aromatic heterocycles. The van der Waals surface area contributed by atoms with Crippen LogP contribution in [0.25, 0.3) is 0 Å². The van der Waals surface area contributed by atoms with Gasteiger partial charge in [-0.3, -0.25) is 9.89 Å². The van der Waals surface area contributed by atoms with Crippen molar-refractivity contribution < 1.29 is 4.79 Å². The van der Waals surface area contributed by atoms with Crippen molar-refractivity contribution in [3.63, 3.8) is 0 Å². The van der Waals surface area contributed by atoms with E-state index in [1.54, 1.807) is 0 Å². The van der Waals surface area contributed by atoms with Crippen LogP contribution in [0.2, 0.25) is 0 Å². The van der Waals surface area contributed by atoms with Gasteiger partial charge in [0.2, 0.25) is 5.78 Å². The molecule has 2 heterocycles. The molecule has 0 amide bonds. The van der Waals surface area contributed by atoms with Gasteiger partial charge in [0.15, 0.2) is 0 Å². The highest BCUT2D eigenvalue weighted by atomic mass is 16.1. The average molecular weight is 243 g/mol. The number of likely N-dealkylation sites (tertiary alicyclic amines) is 1. The molecule has 2 aliphatic carbocycles. The van der Waals surface area contributed by atoms with Crippen LogP contribution in [0.3, 0.4) is 0 Å². The molecule has 1 aromatic rings. The number of aromatic amines is 1. The van der Waals surface area contributed by atoms with Crippen molar-refractivity contribution in [1.82, 2.24) is 15.1 Å². The fraction of sp³-hybridized carbons (Fsp3) is 0.571. The standard InChI is InChI=1S/C14H17N3O/c1-7(2)17-6-9-5-14(9)11(17)4-10(18)13-12(14)8(3)15-16-13/h4,7,9H,5-6H2,1-3H3,(H,15,16). The first-order valence-electron chi connectivity index (χ1n) is 6.64. The predicted molar refractivity (Wildman–Crippen MR) is 67.4 cm³/mol. The number of nitrogens with zero attached hydrogens (tertiary/aromatic N) is 2. The molecular weight excluding hydrogens is 226 g/mol. The number of allylic oxidation sites excluding steroid dienone is 2. The Bertz CT molecular complexity index is 598. The van der Waals surface area contributed by atoms with Gasteiger partial charge in [-0.05, 0) is 33.1 Å². The number of aryl methyl sites for hydroxylation is 1. The average Bonchev–Trinajstić information content (AvgIpc) is 2.70. The molecule has 4 rings (SSSR count). The number of carbonyl (C=O) groups is 1. The van der Waals surface area contributed by atoms with Crippen molar-refractivity contribution in [2.24, 2.45) is 5.92 Å². The number of H-pyrrole nitrogens is 1. The molecule has 2 unspecified atom stereocenters. The van der Waals surface area contributed by atoms with Crippen LogP contribution < -0.4 is 0 Å². The number of hydrogen-bond acceptors (Lipinski definition) is 3. The zero-order chi connectivity index (χ0) is 12.7. The molecule has 1 N–H and O–H groups in total. The maximum Gasteiger partial charge on any atom is 0.205 e. The first kappa shape index (κ1) is 10.4. The summed E-state index contributed by atoms with van der Waals surface area (Å²) in [5.74, 6) is 0.763. The second kappa shape index (κ2) is 2.87. The van der Waals surface area contributed by atoms with E-state index in [4.69, 9.17) is 0 Å². The molecule has 18 heavy (non-hydrogen) atoms. The van der Waals surface area contributed by atoms with E-state index in [9.17, 15) is 4.79 Å². The van der Waals surface area contributed by atoms with Gasteiger partial charge in [0, 0.05) is 35.3 Å². The number of ketones is 1. The Labute approximate surface area is 106 Å². The van der Waals surface area contributed by atoms with Crippen molar-refractivity contribution in [1.29, 1.82) is 0 Å². The molecule has 3 aliphatic rings. The summed E-state index contributed by atoms with van der Waals surface area (Å²) in [4.78, 5) is 14.6. The van der Waals surface area contributed by atoms with Crippen LogP contribution >= 0.6 is 0 Å². The van der Waals surface area contributed by atoms with Crippen molar-refractivity contribution in [3.8, 4) is 0 Å². The van der Waals surface area contributed by atoms with Crippen LogP contribution in [0.5, 0.6) is 0 Å². The van der Waals surface area contributed by atoms with E-state index in [2.05, 4.69) is 28.9 Å². The van der Waals surface area contributed by atoms with Gasteiger partial charge < -0.3 is 4.90 Å². The van der Waals surface area contributed by atoms with Crippen molar-refractivity contribution >= 4 is 5.78 Å². The summed E-state index contributed by atoms with van der Waals surface area (Å²) >= 11 is 0. The van der Waals surface area contributed by atoms with Crippen LogP contribution in [-0.2, 0) is 5.41 Å².